The Morgan fingerprint density at radius 2 is 1.73 bits per heavy atom. The van der Waals surface area contributed by atoms with Crippen LogP contribution < -0.4 is 21.3 Å². The lowest BCUT2D eigenvalue weighted by Crippen LogP contribution is -2.43. The smallest absolute Gasteiger partial charge is 0.145 e. The number of hydrogen-bond acceptors (Lipinski definition) is 4. The molecule has 0 spiro atoms. The van der Waals surface area contributed by atoms with Gasteiger partial charge >= 0.3 is 0 Å². The summed E-state index contributed by atoms with van der Waals surface area (Å²) >= 11 is 0. The Morgan fingerprint density at radius 3 is 2.40 bits per heavy atom. The molecule has 0 atom stereocenters. The normalized spacial score (nSPS) is 17.6. The molecule has 1 saturated heterocycles. The molecule has 0 amide bonds. The molecule has 1 aliphatic carbocycles. The van der Waals surface area contributed by atoms with Crippen molar-refractivity contribution in [3.05, 3.63) is 107 Å². The van der Waals surface area contributed by atoms with Gasteiger partial charge in [0.25, 0.3) is 0 Å². The van der Waals surface area contributed by atoms with Crippen molar-refractivity contribution in [2.45, 2.75) is 31.7 Å². The Kier molecular flexibility index (Phi) is 7.13. The van der Waals surface area contributed by atoms with E-state index in [9.17, 15) is 4.39 Å². The number of anilines is 1. The Bertz CT molecular complexity index is 1640. The van der Waals surface area contributed by atoms with Gasteiger partial charge in [0.1, 0.15) is 11.6 Å². The SMILES string of the molecule is C=c1/c(=C\C=C(/C)c2cccc(N3CCOCC3)c2)nc(-c2ccc(F)cc2)n1-c1ccc(C2(N)CCC2)cc1. The maximum absolute atomic E-state index is 13.7. The first-order chi connectivity index (χ1) is 19.4. The van der Waals surface area contributed by atoms with Crippen LogP contribution in [0.4, 0.5) is 10.1 Å². The molecular formula is C34H35FN4O. The Morgan fingerprint density at radius 1 is 1.00 bits per heavy atom. The van der Waals surface area contributed by atoms with Gasteiger partial charge in [-0.2, -0.15) is 0 Å². The maximum Gasteiger partial charge on any atom is 0.145 e. The number of imidazole rings is 1. The monoisotopic (exact) mass is 534 g/mol. The molecule has 2 heterocycles. The Hall–Kier alpha value is -4.00. The summed E-state index contributed by atoms with van der Waals surface area (Å²) in [6.07, 6.45) is 7.30. The number of allylic oxidation sites excluding steroid dienone is 2. The first kappa shape index (κ1) is 26.2. The number of nitrogens with zero attached hydrogens (tertiary/aromatic N) is 3. The number of hydrogen-bond donors (Lipinski definition) is 1. The van der Waals surface area contributed by atoms with Crippen LogP contribution in [0.5, 0.6) is 0 Å². The Labute approximate surface area is 234 Å². The molecule has 4 aromatic rings. The second-order valence-corrected chi connectivity index (χ2v) is 10.8. The molecule has 0 bridgehead atoms. The summed E-state index contributed by atoms with van der Waals surface area (Å²) in [5, 5.41) is 1.53. The topological polar surface area (TPSA) is 56.3 Å². The highest BCUT2D eigenvalue weighted by atomic mass is 19.1. The van der Waals surface area contributed by atoms with E-state index in [2.05, 4.69) is 73.0 Å². The molecule has 2 N–H and O–H groups in total. The molecule has 1 aromatic heterocycles. The predicted octanol–water partition coefficient (Wildman–Crippen LogP) is 5.15. The van der Waals surface area contributed by atoms with Crippen LogP contribution in [-0.2, 0) is 10.3 Å². The van der Waals surface area contributed by atoms with Gasteiger partial charge in [-0.3, -0.25) is 4.57 Å². The van der Waals surface area contributed by atoms with Crippen LogP contribution in [0.25, 0.3) is 35.3 Å². The average Bonchev–Trinajstić information content (AvgIpc) is 3.31. The van der Waals surface area contributed by atoms with E-state index in [-0.39, 0.29) is 11.4 Å². The van der Waals surface area contributed by atoms with Gasteiger partial charge in [0.05, 0.1) is 23.9 Å². The lowest BCUT2D eigenvalue weighted by Gasteiger charge is -2.38. The molecule has 0 unspecified atom stereocenters. The molecule has 40 heavy (non-hydrogen) atoms. The van der Waals surface area contributed by atoms with Crippen molar-refractivity contribution < 1.29 is 9.13 Å². The van der Waals surface area contributed by atoms with E-state index in [1.54, 1.807) is 12.1 Å². The summed E-state index contributed by atoms with van der Waals surface area (Å²) in [6.45, 7) is 9.84. The first-order valence-corrected chi connectivity index (χ1v) is 14.0. The molecule has 1 aliphatic heterocycles. The van der Waals surface area contributed by atoms with Gasteiger partial charge in [0.2, 0.25) is 0 Å². The van der Waals surface area contributed by atoms with E-state index in [0.29, 0.717) is 0 Å². The third kappa shape index (κ3) is 5.12. The van der Waals surface area contributed by atoms with Crippen molar-refractivity contribution in [2.75, 3.05) is 31.2 Å². The molecule has 2 aliphatic rings. The second kappa shape index (κ2) is 10.9. The van der Waals surface area contributed by atoms with Crippen LogP contribution in [-0.4, -0.2) is 35.9 Å². The lowest BCUT2D eigenvalue weighted by molar-refractivity contribution is 0.122. The van der Waals surface area contributed by atoms with Crippen LogP contribution >= 0.6 is 0 Å². The van der Waals surface area contributed by atoms with Crippen molar-refractivity contribution in [1.82, 2.24) is 9.55 Å². The molecule has 1 saturated carbocycles. The zero-order chi connectivity index (χ0) is 27.7. The second-order valence-electron chi connectivity index (χ2n) is 10.8. The lowest BCUT2D eigenvalue weighted by atomic mass is 9.73. The zero-order valence-electron chi connectivity index (χ0n) is 22.9. The van der Waals surface area contributed by atoms with Crippen LogP contribution in [0.1, 0.15) is 37.3 Å². The third-order valence-electron chi connectivity index (χ3n) is 8.22. The van der Waals surface area contributed by atoms with Crippen LogP contribution in [0.15, 0.2) is 78.9 Å². The average molecular weight is 535 g/mol. The van der Waals surface area contributed by atoms with Gasteiger partial charge in [0.15, 0.2) is 0 Å². The number of ether oxygens (including phenoxy) is 1. The fourth-order valence-electron chi connectivity index (χ4n) is 5.53. The Balaban J connectivity index is 1.38. The van der Waals surface area contributed by atoms with Crippen molar-refractivity contribution in [2.24, 2.45) is 5.73 Å². The zero-order valence-corrected chi connectivity index (χ0v) is 22.9. The molecule has 6 rings (SSSR count). The maximum atomic E-state index is 13.7. The van der Waals surface area contributed by atoms with Crippen LogP contribution in [0.3, 0.4) is 0 Å². The van der Waals surface area contributed by atoms with E-state index in [0.717, 1.165) is 83.6 Å². The first-order valence-electron chi connectivity index (χ1n) is 14.0. The van der Waals surface area contributed by atoms with Gasteiger partial charge in [0, 0.05) is 35.6 Å². The highest BCUT2D eigenvalue weighted by Gasteiger charge is 2.34. The van der Waals surface area contributed by atoms with E-state index in [1.807, 2.05) is 10.6 Å². The molecular weight excluding hydrogens is 499 g/mol. The summed E-state index contributed by atoms with van der Waals surface area (Å²) in [4.78, 5) is 7.33. The number of rotatable bonds is 6. The van der Waals surface area contributed by atoms with Gasteiger partial charge < -0.3 is 15.4 Å². The number of nitrogens with two attached hydrogens (primary N) is 1. The molecule has 6 heteroatoms. The minimum Gasteiger partial charge on any atom is -0.378 e. The van der Waals surface area contributed by atoms with E-state index in [4.69, 9.17) is 15.5 Å². The summed E-state index contributed by atoms with van der Waals surface area (Å²) in [6, 6.07) is 23.4. The fourth-order valence-corrected chi connectivity index (χ4v) is 5.53. The van der Waals surface area contributed by atoms with E-state index < -0.39 is 0 Å². The van der Waals surface area contributed by atoms with Crippen molar-refractivity contribution in [3.8, 4) is 17.1 Å². The van der Waals surface area contributed by atoms with E-state index in [1.165, 1.54) is 24.2 Å². The molecule has 2 fully saturated rings. The predicted molar refractivity (Wildman–Crippen MR) is 161 cm³/mol. The molecule has 204 valence electrons. The van der Waals surface area contributed by atoms with Gasteiger partial charge in [-0.05, 0) is 97.5 Å². The summed E-state index contributed by atoms with van der Waals surface area (Å²) in [5.41, 5.74) is 12.8. The van der Waals surface area contributed by atoms with Crippen molar-refractivity contribution in [1.29, 1.82) is 0 Å². The third-order valence-corrected chi connectivity index (χ3v) is 8.22. The minimum atomic E-state index is -0.278. The van der Waals surface area contributed by atoms with Crippen molar-refractivity contribution >= 4 is 23.9 Å². The fraction of sp³-hybridized carbons (Fsp3) is 0.265. The number of benzene rings is 3. The quantitative estimate of drug-likeness (QED) is 0.372. The standard InChI is InChI=1S/C34H35FN4O/c1-24(27-5-3-6-31(23-27)38-19-21-40-22-20-38)7-16-32-25(2)39(33(37-32)26-8-12-29(35)13-9-26)30-14-10-28(11-15-30)34(36)17-4-18-34/h3,5-16,23H,2,4,17-22,36H2,1H3/b24-7+,32-16+. The highest BCUT2D eigenvalue weighted by Crippen LogP contribution is 2.38. The van der Waals surface area contributed by atoms with Gasteiger partial charge in [-0.1, -0.05) is 36.9 Å². The van der Waals surface area contributed by atoms with Crippen LogP contribution in [0, 0.1) is 5.82 Å². The van der Waals surface area contributed by atoms with Gasteiger partial charge in [-0.15, -0.1) is 0 Å². The number of morpholine rings is 1. The molecule has 5 nitrogen and oxygen atoms in total. The minimum absolute atomic E-state index is 0.221. The summed E-state index contributed by atoms with van der Waals surface area (Å²) in [7, 11) is 0. The highest BCUT2D eigenvalue weighted by molar-refractivity contribution is 5.72. The van der Waals surface area contributed by atoms with Crippen LogP contribution in [0.2, 0.25) is 0 Å². The number of aromatic nitrogens is 2. The molecule has 3 aromatic carbocycles. The largest absolute Gasteiger partial charge is 0.378 e. The summed E-state index contributed by atoms with van der Waals surface area (Å²) in [5.74, 6) is 0.440. The van der Waals surface area contributed by atoms with Gasteiger partial charge in [-0.25, -0.2) is 9.37 Å². The number of halogens is 1. The van der Waals surface area contributed by atoms with Crippen molar-refractivity contribution in [3.63, 3.8) is 0 Å². The van der Waals surface area contributed by atoms with E-state index >= 15 is 0 Å². The summed E-state index contributed by atoms with van der Waals surface area (Å²) < 4.78 is 21.3. The molecule has 0 radical (unpaired) electrons.